The summed E-state index contributed by atoms with van der Waals surface area (Å²) in [5.74, 6) is -0.665. The van der Waals surface area contributed by atoms with Gasteiger partial charge < -0.3 is 14.2 Å². The van der Waals surface area contributed by atoms with Crippen molar-refractivity contribution >= 4 is 17.8 Å². The highest BCUT2D eigenvalue weighted by molar-refractivity contribution is 5.84. The molecule has 22 heavy (non-hydrogen) atoms. The fourth-order valence-corrected chi connectivity index (χ4v) is 2.91. The minimum Gasteiger partial charge on any atom is -0.467 e. The number of hydrogen-bond acceptors (Lipinski definition) is 6. The highest BCUT2D eigenvalue weighted by Gasteiger charge is 2.51. The Balaban J connectivity index is 2.23. The third-order valence-electron chi connectivity index (χ3n) is 3.79. The second-order valence-electron chi connectivity index (χ2n) is 6.69. The maximum atomic E-state index is 12.4. The molecule has 0 aromatic heterocycles. The van der Waals surface area contributed by atoms with Crippen LogP contribution in [0.3, 0.4) is 0 Å². The first-order valence-corrected chi connectivity index (χ1v) is 7.43. The summed E-state index contributed by atoms with van der Waals surface area (Å²) in [6, 6.07) is -0.865. The van der Waals surface area contributed by atoms with Gasteiger partial charge in [0.05, 0.1) is 19.8 Å². The molecule has 0 spiro atoms. The monoisotopic (exact) mass is 313 g/mol. The van der Waals surface area contributed by atoms with Crippen LogP contribution >= 0.6 is 0 Å². The van der Waals surface area contributed by atoms with Gasteiger partial charge in [-0.3, -0.25) is 9.69 Å². The van der Waals surface area contributed by atoms with Crippen molar-refractivity contribution in [3.05, 3.63) is 0 Å². The van der Waals surface area contributed by atoms with E-state index < -0.39 is 29.8 Å². The molecule has 0 N–H and O–H groups in total. The number of likely N-dealkylation sites (tertiary alicyclic amines) is 1. The van der Waals surface area contributed by atoms with Gasteiger partial charge in [0.2, 0.25) is 0 Å². The van der Waals surface area contributed by atoms with Gasteiger partial charge >= 0.3 is 12.1 Å². The van der Waals surface area contributed by atoms with E-state index in [0.717, 1.165) is 0 Å². The van der Waals surface area contributed by atoms with Gasteiger partial charge in [-0.2, -0.15) is 0 Å². The number of methoxy groups -OCH3 is 1. The molecule has 0 unspecified atom stereocenters. The first-order chi connectivity index (χ1) is 10.2. The first kappa shape index (κ1) is 16.7. The second kappa shape index (κ2) is 6.24. The van der Waals surface area contributed by atoms with Crippen LogP contribution in [0.4, 0.5) is 4.79 Å². The summed E-state index contributed by atoms with van der Waals surface area (Å²) in [5, 5.41) is 0. The molecule has 0 aromatic carbocycles. The van der Waals surface area contributed by atoms with Crippen molar-refractivity contribution < 1.29 is 28.6 Å². The van der Waals surface area contributed by atoms with E-state index in [2.05, 4.69) is 0 Å². The summed E-state index contributed by atoms with van der Waals surface area (Å²) in [7, 11) is 1.27. The molecule has 2 heterocycles. The third kappa shape index (κ3) is 3.58. The molecule has 2 saturated heterocycles. The van der Waals surface area contributed by atoms with Crippen molar-refractivity contribution in [3.8, 4) is 0 Å². The Labute approximate surface area is 129 Å². The molecular weight excluding hydrogens is 290 g/mol. The predicted octanol–water partition coefficient (Wildman–Crippen LogP) is 1.14. The summed E-state index contributed by atoms with van der Waals surface area (Å²) in [6.07, 6.45) is -0.469. The molecule has 1 amide bonds. The average Bonchev–Trinajstić information content (AvgIpc) is 2.65. The van der Waals surface area contributed by atoms with E-state index >= 15 is 0 Å². The molecule has 0 aliphatic carbocycles. The number of carbonyl (C=O) groups excluding carboxylic acids is 3. The van der Waals surface area contributed by atoms with E-state index in [-0.39, 0.29) is 24.9 Å². The minimum atomic E-state index is -0.865. The molecule has 2 rings (SSSR count). The van der Waals surface area contributed by atoms with E-state index in [1.165, 1.54) is 12.0 Å². The number of amides is 1. The molecule has 2 fully saturated rings. The summed E-state index contributed by atoms with van der Waals surface area (Å²) >= 11 is 0. The minimum absolute atomic E-state index is 0.0853. The van der Waals surface area contributed by atoms with E-state index in [4.69, 9.17) is 14.2 Å². The number of esters is 1. The van der Waals surface area contributed by atoms with Crippen molar-refractivity contribution in [2.75, 3.05) is 20.3 Å². The zero-order valence-corrected chi connectivity index (χ0v) is 13.5. The van der Waals surface area contributed by atoms with E-state index in [1.54, 1.807) is 20.8 Å². The van der Waals surface area contributed by atoms with Gasteiger partial charge in [-0.05, 0) is 20.8 Å². The van der Waals surface area contributed by atoms with Crippen molar-refractivity contribution in [1.29, 1.82) is 0 Å². The molecule has 124 valence electrons. The molecule has 0 aromatic rings. The van der Waals surface area contributed by atoms with Gasteiger partial charge in [-0.25, -0.2) is 9.59 Å². The number of nitrogens with zero attached hydrogens (tertiary/aromatic N) is 1. The second-order valence-corrected chi connectivity index (χ2v) is 6.69. The number of ketones is 1. The zero-order chi connectivity index (χ0) is 16.5. The van der Waals surface area contributed by atoms with Crippen LogP contribution < -0.4 is 0 Å². The largest absolute Gasteiger partial charge is 0.467 e. The molecule has 3 atom stereocenters. The molecule has 7 heteroatoms. The molecule has 0 saturated carbocycles. The van der Waals surface area contributed by atoms with Gasteiger partial charge in [0.25, 0.3) is 0 Å². The number of rotatable bonds is 1. The van der Waals surface area contributed by atoms with Crippen LogP contribution in [-0.2, 0) is 23.8 Å². The van der Waals surface area contributed by atoms with E-state index in [0.29, 0.717) is 12.8 Å². The lowest BCUT2D eigenvalue weighted by Gasteiger charge is -2.28. The van der Waals surface area contributed by atoms with Crippen LogP contribution in [0.25, 0.3) is 0 Å². The first-order valence-electron chi connectivity index (χ1n) is 7.43. The molecule has 0 bridgehead atoms. The van der Waals surface area contributed by atoms with Gasteiger partial charge in [-0.1, -0.05) is 0 Å². The SMILES string of the molecule is COC(=O)[C@@H]1[C@@H]2OCCC(=O)C[C@H]2CN1C(=O)OC(C)(C)C. The summed E-state index contributed by atoms with van der Waals surface area (Å²) < 4.78 is 15.8. The number of carbonyl (C=O) groups is 3. The number of Topliss-reactive ketones (excluding diaryl/α,β-unsaturated/α-hetero) is 1. The van der Waals surface area contributed by atoms with Gasteiger partial charge in [0.1, 0.15) is 11.4 Å². The predicted molar refractivity (Wildman–Crippen MR) is 76.2 cm³/mol. The zero-order valence-electron chi connectivity index (χ0n) is 13.5. The highest BCUT2D eigenvalue weighted by Crippen LogP contribution is 2.33. The Kier molecular flexibility index (Phi) is 4.75. The lowest BCUT2D eigenvalue weighted by Crippen LogP contribution is -2.48. The maximum Gasteiger partial charge on any atom is 0.411 e. The van der Waals surface area contributed by atoms with Crippen molar-refractivity contribution in [1.82, 2.24) is 4.90 Å². The number of ether oxygens (including phenoxy) is 3. The van der Waals surface area contributed by atoms with Crippen molar-refractivity contribution in [2.24, 2.45) is 5.92 Å². The van der Waals surface area contributed by atoms with Gasteiger partial charge in [0.15, 0.2) is 6.04 Å². The quantitative estimate of drug-likeness (QED) is 0.675. The van der Waals surface area contributed by atoms with Crippen LogP contribution in [-0.4, -0.2) is 60.8 Å². The molecule has 7 nitrogen and oxygen atoms in total. The smallest absolute Gasteiger partial charge is 0.411 e. The summed E-state index contributed by atoms with van der Waals surface area (Å²) in [4.78, 5) is 37.5. The van der Waals surface area contributed by atoms with Crippen LogP contribution in [0.15, 0.2) is 0 Å². The fraction of sp³-hybridized carbons (Fsp3) is 0.800. The number of hydrogen-bond donors (Lipinski definition) is 0. The Morgan fingerprint density at radius 1 is 1.32 bits per heavy atom. The normalized spacial score (nSPS) is 28.8. The van der Waals surface area contributed by atoms with E-state index in [1.807, 2.05) is 0 Å². The van der Waals surface area contributed by atoms with Crippen molar-refractivity contribution in [2.45, 2.75) is 51.4 Å². The lowest BCUT2D eigenvalue weighted by atomic mass is 9.96. The van der Waals surface area contributed by atoms with Crippen LogP contribution in [0.2, 0.25) is 0 Å². The molecule has 2 aliphatic rings. The Morgan fingerprint density at radius 3 is 2.59 bits per heavy atom. The van der Waals surface area contributed by atoms with Crippen molar-refractivity contribution in [3.63, 3.8) is 0 Å². The molecule has 2 aliphatic heterocycles. The standard InChI is InChI=1S/C15H23NO6/c1-15(2,3)22-14(19)16-8-9-7-10(17)5-6-21-12(9)11(16)13(18)20-4/h9,11-12H,5-8H2,1-4H3/t9-,11-,12+/m0/s1. The molecule has 0 radical (unpaired) electrons. The lowest BCUT2D eigenvalue weighted by molar-refractivity contribution is -0.150. The Bertz CT molecular complexity index is 469. The third-order valence-corrected chi connectivity index (χ3v) is 3.79. The maximum absolute atomic E-state index is 12.4. The van der Waals surface area contributed by atoms with Gasteiger partial charge in [-0.15, -0.1) is 0 Å². The summed E-state index contributed by atoms with van der Waals surface area (Å²) in [6.45, 7) is 5.78. The van der Waals surface area contributed by atoms with Crippen LogP contribution in [0.5, 0.6) is 0 Å². The summed E-state index contributed by atoms with van der Waals surface area (Å²) in [5.41, 5.74) is -0.668. The molecular formula is C15H23NO6. The highest BCUT2D eigenvalue weighted by atomic mass is 16.6. The van der Waals surface area contributed by atoms with Gasteiger partial charge in [0, 0.05) is 25.3 Å². The van der Waals surface area contributed by atoms with Crippen LogP contribution in [0.1, 0.15) is 33.6 Å². The Morgan fingerprint density at radius 2 is 2.00 bits per heavy atom. The Hall–Kier alpha value is -1.63. The van der Waals surface area contributed by atoms with E-state index in [9.17, 15) is 14.4 Å². The topological polar surface area (TPSA) is 82.1 Å². The number of fused-ring (bicyclic) bond motifs is 1. The fourth-order valence-electron chi connectivity index (χ4n) is 2.91. The van der Waals surface area contributed by atoms with Crippen LogP contribution in [0, 0.1) is 5.92 Å². The average molecular weight is 313 g/mol.